The molecule has 0 spiro atoms. The number of hydrogen-bond acceptors (Lipinski definition) is 3. The molecule has 0 aromatic rings. The smallest absolute Gasteiger partial charge is 0.289 e. The second-order valence-electron chi connectivity index (χ2n) is 7.75. The van der Waals surface area contributed by atoms with Crippen molar-refractivity contribution in [3.05, 3.63) is 0 Å². The Labute approximate surface area is 129 Å². The summed E-state index contributed by atoms with van der Waals surface area (Å²) in [6.07, 6.45) is 1.23. The highest BCUT2D eigenvalue weighted by atomic mass is 15.3. The first kappa shape index (κ1) is 18.1. The molecule has 0 bridgehead atoms. The van der Waals surface area contributed by atoms with E-state index in [1.807, 2.05) is 0 Å². The molecule has 0 aromatic carbocycles. The van der Waals surface area contributed by atoms with E-state index in [1.54, 1.807) is 0 Å². The predicted molar refractivity (Wildman–Crippen MR) is 95.2 cm³/mol. The third kappa shape index (κ3) is 5.83. The summed E-state index contributed by atoms with van der Waals surface area (Å²) in [6.45, 7) is 20.6. The maximum absolute atomic E-state index is 2.69. The molecular formula is C14H34B3N3. The molecule has 114 valence electrons. The number of rotatable bonds is 7. The third-order valence-electron chi connectivity index (χ3n) is 3.79. The van der Waals surface area contributed by atoms with Gasteiger partial charge in [-0.25, -0.2) is 0 Å². The molecule has 0 radical (unpaired) electrons. The summed E-state index contributed by atoms with van der Waals surface area (Å²) in [7, 11) is 2.28. The Kier molecular flexibility index (Phi) is 7.70. The van der Waals surface area contributed by atoms with Gasteiger partial charge in [-0.15, -0.1) is 0 Å². The van der Waals surface area contributed by atoms with Crippen molar-refractivity contribution in [1.29, 1.82) is 0 Å². The molecular weight excluding hydrogens is 243 g/mol. The van der Waals surface area contributed by atoms with Gasteiger partial charge in [-0.2, -0.15) is 0 Å². The van der Waals surface area contributed by atoms with Crippen molar-refractivity contribution < 1.29 is 0 Å². The average molecular weight is 277 g/mol. The van der Waals surface area contributed by atoms with E-state index in [0.29, 0.717) is 6.98 Å². The van der Waals surface area contributed by atoms with Crippen LogP contribution in [-0.2, 0) is 0 Å². The molecule has 1 aliphatic rings. The van der Waals surface area contributed by atoms with E-state index in [-0.39, 0.29) is 0 Å². The molecule has 3 nitrogen and oxygen atoms in total. The van der Waals surface area contributed by atoms with Crippen LogP contribution in [0.5, 0.6) is 0 Å². The lowest BCUT2D eigenvalue weighted by atomic mass is 9.55. The van der Waals surface area contributed by atoms with E-state index in [0.717, 1.165) is 32.9 Å². The van der Waals surface area contributed by atoms with Crippen molar-refractivity contribution in [3.63, 3.8) is 0 Å². The number of nitrogens with zero attached hydrogens (tertiary/aromatic N) is 3. The van der Waals surface area contributed by atoms with Gasteiger partial charge < -0.3 is 14.2 Å². The molecule has 1 rings (SSSR count). The largest absolute Gasteiger partial charge is 0.363 e. The molecule has 0 amide bonds. The van der Waals surface area contributed by atoms with Crippen LogP contribution in [0, 0.1) is 17.8 Å². The first-order chi connectivity index (χ1) is 9.33. The normalized spacial score (nSPS) is 19.0. The van der Waals surface area contributed by atoms with E-state index in [4.69, 9.17) is 0 Å². The summed E-state index contributed by atoms with van der Waals surface area (Å²) in [6, 6.07) is 0. The molecule has 1 fully saturated rings. The molecule has 0 aromatic heterocycles. The Morgan fingerprint density at radius 3 is 1.45 bits per heavy atom. The predicted octanol–water partition coefficient (Wildman–Crippen LogP) is 1.92. The summed E-state index contributed by atoms with van der Waals surface area (Å²) >= 11 is 0. The van der Waals surface area contributed by atoms with Gasteiger partial charge >= 0.3 is 0 Å². The fraction of sp³-hybridized carbons (Fsp3) is 1.00. The monoisotopic (exact) mass is 277 g/mol. The fourth-order valence-corrected chi connectivity index (χ4v) is 3.42. The molecule has 0 aliphatic carbocycles. The molecule has 0 atom stereocenters. The first-order valence-electron chi connectivity index (χ1n) is 8.53. The molecule has 1 heterocycles. The van der Waals surface area contributed by atoms with Crippen LogP contribution < -0.4 is 0 Å². The van der Waals surface area contributed by atoms with Crippen LogP contribution in [0.15, 0.2) is 0 Å². The maximum atomic E-state index is 2.69. The van der Waals surface area contributed by atoms with Crippen molar-refractivity contribution in [1.82, 2.24) is 14.2 Å². The van der Waals surface area contributed by atoms with Crippen molar-refractivity contribution in [3.8, 4) is 0 Å². The Hall–Kier alpha value is 0.0748. The van der Waals surface area contributed by atoms with Crippen LogP contribution in [0.2, 0.25) is 6.32 Å². The lowest BCUT2D eigenvalue weighted by molar-refractivity contribution is 0.384. The second-order valence-corrected chi connectivity index (χ2v) is 7.75. The van der Waals surface area contributed by atoms with Crippen LogP contribution in [0.4, 0.5) is 0 Å². The minimum atomic E-state index is 0.628. The summed E-state index contributed by atoms with van der Waals surface area (Å²) in [5, 5.41) is 0. The van der Waals surface area contributed by atoms with E-state index in [1.165, 1.54) is 26.0 Å². The minimum Gasteiger partial charge on any atom is -0.363 e. The van der Waals surface area contributed by atoms with Gasteiger partial charge in [0, 0.05) is 0 Å². The van der Waals surface area contributed by atoms with E-state index >= 15 is 0 Å². The molecule has 20 heavy (non-hydrogen) atoms. The quantitative estimate of drug-likeness (QED) is 0.658. The SMILES string of the molecule is CCB1N(CC(C)C)BN(CC(C)C)BN1CC(C)C. The molecule has 1 saturated heterocycles. The van der Waals surface area contributed by atoms with Gasteiger partial charge in [-0.05, 0) is 43.7 Å². The summed E-state index contributed by atoms with van der Waals surface area (Å²) in [5.74, 6) is 2.22. The van der Waals surface area contributed by atoms with E-state index in [2.05, 4.69) is 62.6 Å². The highest BCUT2D eigenvalue weighted by Gasteiger charge is 2.37. The molecule has 0 unspecified atom stereocenters. The lowest BCUT2D eigenvalue weighted by Crippen LogP contribution is -2.68. The summed E-state index contributed by atoms with van der Waals surface area (Å²) in [4.78, 5) is 0. The number of hydrogen-bond donors (Lipinski definition) is 0. The van der Waals surface area contributed by atoms with Crippen LogP contribution in [0.3, 0.4) is 0 Å². The van der Waals surface area contributed by atoms with Gasteiger partial charge in [0.1, 0.15) is 0 Å². The van der Waals surface area contributed by atoms with Crippen LogP contribution in [0.1, 0.15) is 48.5 Å². The van der Waals surface area contributed by atoms with Crippen molar-refractivity contribution in [2.75, 3.05) is 19.6 Å². The fourth-order valence-electron chi connectivity index (χ4n) is 3.42. The van der Waals surface area contributed by atoms with Gasteiger partial charge in [0.15, 0.2) is 0 Å². The zero-order valence-corrected chi connectivity index (χ0v) is 14.9. The Balaban J connectivity index is 2.78. The Morgan fingerprint density at radius 1 is 0.750 bits per heavy atom. The lowest BCUT2D eigenvalue weighted by Gasteiger charge is -2.47. The standard InChI is InChI=1S/C14H34B3N3/c1-8-17-19(10-13(4)5)15-18(9-12(2)3)16-20(17)11-14(6)7/h12-16H,8-11H2,1-7H3. The van der Waals surface area contributed by atoms with Crippen molar-refractivity contribution in [2.45, 2.75) is 54.8 Å². The van der Waals surface area contributed by atoms with Crippen LogP contribution >= 0.6 is 0 Å². The molecule has 1 aliphatic heterocycles. The van der Waals surface area contributed by atoms with Crippen molar-refractivity contribution >= 4 is 22.1 Å². The van der Waals surface area contributed by atoms with Crippen LogP contribution in [0.25, 0.3) is 0 Å². The van der Waals surface area contributed by atoms with Gasteiger partial charge in [0.25, 0.3) is 22.1 Å². The topological polar surface area (TPSA) is 9.72 Å². The summed E-state index contributed by atoms with van der Waals surface area (Å²) in [5.41, 5.74) is 0. The van der Waals surface area contributed by atoms with Crippen LogP contribution in [-0.4, -0.2) is 55.9 Å². The van der Waals surface area contributed by atoms with Crippen molar-refractivity contribution in [2.24, 2.45) is 17.8 Å². The third-order valence-corrected chi connectivity index (χ3v) is 3.79. The zero-order valence-electron chi connectivity index (χ0n) is 14.9. The first-order valence-corrected chi connectivity index (χ1v) is 8.53. The Morgan fingerprint density at radius 2 is 1.15 bits per heavy atom. The average Bonchev–Trinajstić information content (AvgIpc) is 2.26. The second kappa shape index (κ2) is 8.50. The van der Waals surface area contributed by atoms with E-state index < -0.39 is 0 Å². The van der Waals surface area contributed by atoms with Gasteiger partial charge in [0.2, 0.25) is 0 Å². The molecule has 6 heteroatoms. The van der Waals surface area contributed by atoms with Gasteiger partial charge in [-0.3, -0.25) is 0 Å². The zero-order chi connectivity index (χ0) is 15.3. The molecule has 0 saturated carbocycles. The maximum Gasteiger partial charge on any atom is 0.289 e. The minimum absolute atomic E-state index is 0.628. The van der Waals surface area contributed by atoms with Gasteiger partial charge in [-0.1, -0.05) is 48.5 Å². The van der Waals surface area contributed by atoms with E-state index in [9.17, 15) is 0 Å². The highest BCUT2D eigenvalue weighted by molar-refractivity contribution is 6.74. The summed E-state index contributed by atoms with van der Waals surface area (Å²) < 4.78 is 8.01. The molecule has 0 N–H and O–H groups in total. The van der Waals surface area contributed by atoms with Gasteiger partial charge in [0.05, 0.1) is 0 Å². The Bertz CT molecular complexity index is 254. The highest BCUT2D eigenvalue weighted by Crippen LogP contribution is 2.16.